The van der Waals surface area contributed by atoms with Gasteiger partial charge in [-0.1, -0.05) is 0 Å². The first kappa shape index (κ1) is 7.42. The van der Waals surface area contributed by atoms with Crippen LogP contribution in [0.15, 0.2) is 23.4 Å². The lowest BCUT2D eigenvalue weighted by atomic mass is 10.1. The predicted octanol–water partition coefficient (Wildman–Crippen LogP) is 2.26. The van der Waals surface area contributed by atoms with Gasteiger partial charge in [0.05, 0.1) is 11.6 Å². The smallest absolute Gasteiger partial charge is 0.110 e. The summed E-state index contributed by atoms with van der Waals surface area (Å²) in [7, 11) is 0. The summed E-state index contributed by atoms with van der Waals surface area (Å²) < 4.78 is 0. The number of nitrogens with zero attached hydrogens (tertiary/aromatic N) is 2. The number of aryl methyl sites for hydroxylation is 1. The molecule has 3 nitrogen and oxygen atoms in total. The van der Waals surface area contributed by atoms with Crippen LogP contribution in [0.3, 0.4) is 0 Å². The minimum Gasteiger partial charge on any atom is -0.192 e. The van der Waals surface area contributed by atoms with Crippen LogP contribution < -0.4 is 0 Å². The molecule has 0 N–H and O–H groups in total. The zero-order valence-corrected chi connectivity index (χ0v) is 6.03. The van der Waals surface area contributed by atoms with Gasteiger partial charge in [-0.15, -0.1) is 4.91 Å². The molecule has 0 spiro atoms. The third kappa shape index (κ3) is 1.41. The molecule has 0 aliphatic heterocycles. The lowest BCUT2D eigenvalue weighted by Crippen LogP contribution is -1.76. The molecular weight excluding hydrogens is 140 g/mol. The van der Waals surface area contributed by atoms with Gasteiger partial charge >= 0.3 is 0 Å². The van der Waals surface area contributed by atoms with Crippen LogP contribution in [0, 0.1) is 23.2 Å². The third-order valence-electron chi connectivity index (χ3n) is 1.42. The number of benzene rings is 1. The summed E-state index contributed by atoms with van der Waals surface area (Å²) in [5.41, 5.74) is 1.68. The number of nitriles is 1. The van der Waals surface area contributed by atoms with Crippen molar-refractivity contribution in [2.75, 3.05) is 0 Å². The van der Waals surface area contributed by atoms with Gasteiger partial charge in [-0.2, -0.15) is 5.26 Å². The van der Waals surface area contributed by atoms with Crippen molar-refractivity contribution in [3.8, 4) is 6.07 Å². The maximum absolute atomic E-state index is 10.1. The Morgan fingerprint density at radius 2 is 2.27 bits per heavy atom. The first-order chi connectivity index (χ1) is 5.27. The van der Waals surface area contributed by atoms with Crippen LogP contribution in [0.1, 0.15) is 11.1 Å². The van der Waals surface area contributed by atoms with Crippen molar-refractivity contribution in [1.82, 2.24) is 0 Å². The van der Waals surface area contributed by atoms with Crippen molar-refractivity contribution in [3.63, 3.8) is 0 Å². The fourth-order valence-corrected chi connectivity index (χ4v) is 0.827. The standard InChI is InChI=1S/C8H6N2O/c1-6-4-7(5-9)2-3-8(6)10-11/h2-4H,1H3. The van der Waals surface area contributed by atoms with Gasteiger partial charge in [-0.3, -0.25) is 0 Å². The van der Waals surface area contributed by atoms with E-state index in [4.69, 9.17) is 5.26 Å². The van der Waals surface area contributed by atoms with Crippen molar-refractivity contribution in [1.29, 1.82) is 5.26 Å². The SMILES string of the molecule is Cc1cc(C#N)ccc1N=O. The van der Waals surface area contributed by atoms with E-state index in [0.29, 0.717) is 11.3 Å². The molecule has 0 radical (unpaired) electrons. The summed E-state index contributed by atoms with van der Waals surface area (Å²) in [5, 5.41) is 11.3. The fraction of sp³-hybridized carbons (Fsp3) is 0.125. The van der Waals surface area contributed by atoms with Gasteiger partial charge in [0.15, 0.2) is 0 Å². The number of hydrogen-bond donors (Lipinski definition) is 0. The Morgan fingerprint density at radius 1 is 1.55 bits per heavy atom. The molecule has 0 amide bonds. The molecule has 0 saturated carbocycles. The minimum atomic E-state index is 0.393. The van der Waals surface area contributed by atoms with Crippen LogP contribution >= 0.6 is 0 Å². The van der Waals surface area contributed by atoms with Gasteiger partial charge < -0.3 is 0 Å². The van der Waals surface area contributed by atoms with E-state index in [1.54, 1.807) is 25.1 Å². The molecule has 1 aromatic rings. The Kier molecular flexibility index (Phi) is 1.98. The first-order valence-corrected chi connectivity index (χ1v) is 3.12. The molecular formula is C8H6N2O. The predicted molar refractivity (Wildman–Crippen MR) is 41.3 cm³/mol. The molecule has 0 atom stereocenters. The van der Waals surface area contributed by atoms with Gasteiger partial charge in [-0.25, -0.2) is 0 Å². The lowest BCUT2D eigenvalue weighted by Gasteiger charge is -1.94. The summed E-state index contributed by atoms with van der Waals surface area (Å²) >= 11 is 0. The van der Waals surface area contributed by atoms with Crippen molar-refractivity contribution >= 4 is 5.69 Å². The van der Waals surface area contributed by atoms with E-state index in [0.717, 1.165) is 5.56 Å². The summed E-state index contributed by atoms with van der Waals surface area (Å²) in [6.07, 6.45) is 0. The molecule has 54 valence electrons. The van der Waals surface area contributed by atoms with Crippen LogP contribution in [0.5, 0.6) is 0 Å². The van der Waals surface area contributed by atoms with Gasteiger partial charge in [0, 0.05) is 0 Å². The van der Waals surface area contributed by atoms with Crippen LogP contribution in [-0.2, 0) is 0 Å². The van der Waals surface area contributed by atoms with E-state index in [2.05, 4.69) is 5.18 Å². The molecule has 0 bridgehead atoms. The Bertz CT molecular complexity index is 325. The minimum absolute atomic E-state index is 0.393. The molecule has 0 fully saturated rings. The number of hydrogen-bond acceptors (Lipinski definition) is 3. The van der Waals surface area contributed by atoms with E-state index in [1.807, 2.05) is 6.07 Å². The Balaban J connectivity index is 3.22. The summed E-state index contributed by atoms with van der Waals surface area (Å²) in [4.78, 5) is 10.1. The molecule has 1 aromatic carbocycles. The highest BCUT2D eigenvalue weighted by Crippen LogP contribution is 2.18. The molecule has 0 aliphatic rings. The Hall–Kier alpha value is -1.69. The number of nitroso groups, excluding NO2 is 1. The maximum atomic E-state index is 10.1. The van der Waals surface area contributed by atoms with E-state index in [1.165, 1.54) is 0 Å². The van der Waals surface area contributed by atoms with Gasteiger partial charge in [-0.05, 0) is 35.9 Å². The lowest BCUT2D eigenvalue weighted by molar-refractivity contribution is 1.36. The highest BCUT2D eigenvalue weighted by Gasteiger charge is 1.97. The summed E-state index contributed by atoms with van der Waals surface area (Å²) in [5.74, 6) is 0. The van der Waals surface area contributed by atoms with Crippen molar-refractivity contribution < 1.29 is 0 Å². The highest BCUT2D eigenvalue weighted by atomic mass is 16.3. The van der Waals surface area contributed by atoms with Gasteiger partial charge in [0.2, 0.25) is 0 Å². The molecule has 1 rings (SSSR count). The van der Waals surface area contributed by atoms with Crippen molar-refractivity contribution in [3.05, 3.63) is 34.2 Å². The molecule has 0 heterocycles. The third-order valence-corrected chi connectivity index (χ3v) is 1.42. The Labute approximate surface area is 64.2 Å². The highest BCUT2D eigenvalue weighted by molar-refractivity contribution is 5.49. The average Bonchev–Trinajstić information content (AvgIpc) is 2.04. The first-order valence-electron chi connectivity index (χ1n) is 3.12. The second-order valence-electron chi connectivity index (χ2n) is 2.20. The van der Waals surface area contributed by atoms with Gasteiger partial charge in [0.1, 0.15) is 5.69 Å². The zero-order chi connectivity index (χ0) is 8.27. The molecule has 11 heavy (non-hydrogen) atoms. The van der Waals surface area contributed by atoms with E-state index in [9.17, 15) is 4.91 Å². The molecule has 0 aliphatic carbocycles. The van der Waals surface area contributed by atoms with Crippen LogP contribution in [-0.4, -0.2) is 0 Å². The van der Waals surface area contributed by atoms with Crippen LogP contribution in [0.2, 0.25) is 0 Å². The van der Waals surface area contributed by atoms with E-state index >= 15 is 0 Å². The van der Waals surface area contributed by atoms with E-state index in [-0.39, 0.29) is 0 Å². The number of rotatable bonds is 1. The normalized spacial score (nSPS) is 8.73. The molecule has 3 heteroatoms. The quantitative estimate of drug-likeness (QED) is 0.570. The second-order valence-corrected chi connectivity index (χ2v) is 2.20. The largest absolute Gasteiger partial charge is 0.192 e. The average molecular weight is 146 g/mol. The molecule has 0 saturated heterocycles. The van der Waals surface area contributed by atoms with Gasteiger partial charge in [0.25, 0.3) is 0 Å². The van der Waals surface area contributed by atoms with Crippen molar-refractivity contribution in [2.24, 2.45) is 5.18 Å². The van der Waals surface area contributed by atoms with Crippen LogP contribution in [0.4, 0.5) is 5.69 Å². The van der Waals surface area contributed by atoms with Crippen LogP contribution in [0.25, 0.3) is 0 Å². The zero-order valence-electron chi connectivity index (χ0n) is 6.03. The fourth-order valence-electron chi connectivity index (χ4n) is 0.827. The Morgan fingerprint density at radius 3 is 2.73 bits per heavy atom. The van der Waals surface area contributed by atoms with E-state index < -0.39 is 0 Å². The second kappa shape index (κ2) is 2.93. The topological polar surface area (TPSA) is 53.2 Å². The molecule has 0 aromatic heterocycles. The summed E-state index contributed by atoms with van der Waals surface area (Å²) in [6, 6.07) is 6.73. The van der Waals surface area contributed by atoms with Crippen molar-refractivity contribution in [2.45, 2.75) is 6.92 Å². The molecule has 0 unspecified atom stereocenters. The maximum Gasteiger partial charge on any atom is 0.110 e. The summed E-state index contributed by atoms with van der Waals surface area (Å²) in [6.45, 7) is 1.75. The monoisotopic (exact) mass is 146 g/mol.